The predicted octanol–water partition coefficient (Wildman–Crippen LogP) is 0.820. The molecule has 0 unspecified atom stereocenters. The molecule has 1 amide bonds. The third-order valence-corrected chi connectivity index (χ3v) is 6.48. The molecule has 1 saturated heterocycles. The topological polar surface area (TPSA) is 45.1 Å². The summed E-state index contributed by atoms with van der Waals surface area (Å²) in [5.74, 6) is -0.126. The smallest absolute Gasteiger partial charge is 0.265 e. The molecule has 0 aromatic carbocycles. The van der Waals surface area contributed by atoms with Crippen LogP contribution in [0.1, 0.15) is 19.3 Å². The molecule has 0 bridgehead atoms. The van der Waals surface area contributed by atoms with Gasteiger partial charge in [-0.1, -0.05) is 12.2 Å². The van der Waals surface area contributed by atoms with Crippen LogP contribution in [0.25, 0.3) is 0 Å². The van der Waals surface area contributed by atoms with Gasteiger partial charge in [0.05, 0.1) is 20.6 Å². The summed E-state index contributed by atoms with van der Waals surface area (Å²) in [5.41, 5.74) is 0. The summed E-state index contributed by atoms with van der Waals surface area (Å²) >= 11 is 12.9. The summed E-state index contributed by atoms with van der Waals surface area (Å²) in [4.78, 5) is 30.2. The van der Waals surface area contributed by atoms with Gasteiger partial charge in [-0.05, 0) is 11.6 Å². The molecule has 0 radical (unpaired) electrons. The van der Waals surface area contributed by atoms with Crippen molar-refractivity contribution in [1.29, 1.82) is 0 Å². The van der Waals surface area contributed by atoms with E-state index in [1.54, 1.807) is 4.90 Å². The molecular formula is C13H19ClN3O2S3+. The van der Waals surface area contributed by atoms with Gasteiger partial charge in [-0.25, -0.2) is 0 Å². The first-order valence-corrected chi connectivity index (χ1v) is 9.45. The summed E-state index contributed by atoms with van der Waals surface area (Å²) in [5, 5.41) is -0.603. The molecule has 1 aromatic rings. The summed E-state index contributed by atoms with van der Waals surface area (Å²) in [6.45, 7) is 5.19. The van der Waals surface area contributed by atoms with Crippen molar-refractivity contribution >= 4 is 57.6 Å². The molecule has 2 rings (SSSR count). The van der Waals surface area contributed by atoms with Crippen molar-refractivity contribution in [2.45, 2.75) is 0 Å². The Labute approximate surface area is 148 Å². The van der Waals surface area contributed by atoms with Crippen LogP contribution >= 0.6 is 46.5 Å². The molecular weight excluding hydrogens is 362 g/mol. The van der Waals surface area contributed by atoms with Crippen LogP contribution in [0.2, 0.25) is 0 Å². The zero-order valence-corrected chi connectivity index (χ0v) is 15.8. The number of rotatable bonds is 5. The zero-order chi connectivity index (χ0) is 16.3. The predicted molar refractivity (Wildman–Crippen MR) is 93.2 cm³/mol. The quantitative estimate of drug-likeness (QED) is 0.607. The van der Waals surface area contributed by atoms with Crippen molar-refractivity contribution in [3.8, 4) is 0 Å². The molecule has 1 N–H and O–H groups in total. The maximum Gasteiger partial charge on any atom is 0.265 e. The van der Waals surface area contributed by atoms with Gasteiger partial charge in [0.25, 0.3) is 11.1 Å². The highest BCUT2D eigenvalue weighted by Gasteiger charge is 2.27. The molecule has 1 fully saturated rings. The van der Waals surface area contributed by atoms with E-state index in [2.05, 4.69) is 19.0 Å². The molecule has 22 heavy (non-hydrogen) atoms. The summed E-state index contributed by atoms with van der Waals surface area (Å²) in [6.07, 6.45) is 0. The molecule has 1 aliphatic rings. The first-order valence-electron chi connectivity index (χ1n) is 7.03. The van der Waals surface area contributed by atoms with Crippen LogP contribution in [0, 0.1) is 3.14 Å². The lowest BCUT2D eigenvalue weighted by molar-refractivity contribution is -0.857. The molecule has 1 aliphatic heterocycles. The maximum absolute atomic E-state index is 12.6. The number of likely N-dealkylation sites (N-methyl/N-ethyl adjacent to an activating group) is 1. The van der Waals surface area contributed by atoms with Crippen LogP contribution in [-0.2, 0) is 0 Å². The Morgan fingerprint density at radius 1 is 1.18 bits per heavy atom. The Bertz CT molecular complexity index is 606. The van der Waals surface area contributed by atoms with Crippen LogP contribution in [-0.4, -0.2) is 74.3 Å². The first-order chi connectivity index (χ1) is 10.4. The number of quaternary nitrogens is 1. The molecule has 122 valence electrons. The molecule has 0 atom stereocenters. The lowest BCUT2D eigenvalue weighted by Crippen LogP contribution is -3.06. The SMILES string of the molecule is C[NH+](C)CCN1CCN(C(=O)c2sc(=S)sc2C(=O)Cl)CC1. The van der Waals surface area contributed by atoms with Gasteiger partial charge in [0.2, 0.25) is 0 Å². The van der Waals surface area contributed by atoms with Gasteiger partial charge >= 0.3 is 0 Å². The Balaban J connectivity index is 1.98. The maximum atomic E-state index is 12.6. The number of piperazine rings is 1. The van der Waals surface area contributed by atoms with Crippen molar-refractivity contribution in [2.75, 3.05) is 53.4 Å². The van der Waals surface area contributed by atoms with Gasteiger partial charge in [0.15, 0.2) is 0 Å². The van der Waals surface area contributed by atoms with E-state index in [0.717, 1.165) is 37.5 Å². The number of carbonyl (C=O) groups is 2. The Morgan fingerprint density at radius 3 is 2.32 bits per heavy atom. The van der Waals surface area contributed by atoms with Crippen LogP contribution < -0.4 is 4.90 Å². The van der Waals surface area contributed by atoms with Gasteiger partial charge in [0.1, 0.15) is 12.9 Å². The van der Waals surface area contributed by atoms with Gasteiger partial charge < -0.3 is 9.80 Å². The second-order valence-corrected chi connectivity index (χ2v) is 9.05. The minimum Gasteiger partial charge on any atom is -0.339 e. The molecule has 5 nitrogen and oxygen atoms in total. The molecule has 2 heterocycles. The van der Waals surface area contributed by atoms with Crippen LogP contribution in [0.15, 0.2) is 0 Å². The monoisotopic (exact) mass is 380 g/mol. The highest BCUT2D eigenvalue weighted by Crippen LogP contribution is 2.28. The Kier molecular flexibility index (Phi) is 6.48. The fourth-order valence-corrected chi connectivity index (χ4v) is 4.93. The number of nitrogens with one attached hydrogen (secondary N) is 1. The van der Waals surface area contributed by atoms with Crippen molar-refractivity contribution in [2.24, 2.45) is 0 Å². The fraction of sp³-hybridized carbons (Fsp3) is 0.615. The van der Waals surface area contributed by atoms with Crippen molar-refractivity contribution in [3.05, 3.63) is 12.9 Å². The third kappa shape index (κ3) is 4.56. The van der Waals surface area contributed by atoms with Crippen molar-refractivity contribution < 1.29 is 14.5 Å². The van der Waals surface area contributed by atoms with Gasteiger partial charge in [-0.2, -0.15) is 0 Å². The number of carbonyl (C=O) groups excluding carboxylic acids is 2. The molecule has 0 saturated carbocycles. The summed E-state index contributed by atoms with van der Waals surface area (Å²) in [6, 6.07) is 0. The minimum absolute atomic E-state index is 0.126. The van der Waals surface area contributed by atoms with Crippen LogP contribution in [0.3, 0.4) is 0 Å². The largest absolute Gasteiger partial charge is 0.339 e. The lowest BCUT2D eigenvalue weighted by Gasteiger charge is -2.34. The van der Waals surface area contributed by atoms with E-state index in [4.69, 9.17) is 23.8 Å². The average Bonchev–Trinajstić information content (AvgIpc) is 2.87. The van der Waals surface area contributed by atoms with Crippen LogP contribution in [0.5, 0.6) is 0 Å². The summed E-state index contributed by atoms with van der Waals surface area (Å²) < 4.78 is 0.556. The number of hydrogen-bond acceptors (Lipinski definition) is 6. The number of halogens is 1. The van der Waals surface area contributed by atoms with E-state index in [1.165, 1.54) is 16.2 Å². The number of amides is 1. The number of nitrogens with zero attached hydrogens (tertiary/aromatic N) is 2. The fourth-order valence-electron chi connectivity index (χ4n) is 2.25. The normalized spacial score (nSPS) is 16.3. The van der Waals surface area contributed by atoms with E-state index >= 15 is 0 Å². The minimum atomic E-state index is -0.603. The van der Waals surface area contributed by atoms with Crippen LogP contribution in [0.4, 0.5) is 0 Å². The highest BCUT2D eigenvalue weighted by atomic mass is 35.5. The molecule has 9 heteroatoms. The third-order valence-electron chi connectivity index (χ3n) is 3.54. The van der Waals surface area contributed by atoms with Gasteiger partial charge in [-0.3, -0.25) is 14.5 Å². The Morgan fingerprint density at radius 2 is 1.77 bits per heavy atom. The summed E-state index contributed by atoms with van der Waals surface area (Å²) in [7, 11) is 4.27. The van der Waals surface area contributed by atoms with Crippen molar-refractivity contribution in [3.63, 3.8) is 0 Å². The lowest BCUT2D eigenvalue weighted by atomic mass is 10.3. The zero-order valence-electron chi connectivity index (χ0n) is 12.6. The standard InChI is InChI=1S/C13H18ClN3O2S3/c1-15(2)3-4-16-5-7-17(8-6-16)12(19)10-9(11(14)18)21-13(20)22-10/h3-8H2,1-2H3/p+1. The second kappa shape index (κ2) is 7.94. The van der Waals surface area contributed by atoms with Crippen molar-refractivity contribution in [1.82, 2.24) is 9.80 Å². The second-order valence-electron chi connectivity index (χ2n) is 5.48. The van der Waals surface area contributed by atoms with E-state index in [9.17, 15) is 9.59 Å². The van der Waals surface area contributed by atoms with E-state index in [0.29, 0.717) is 21.1 Å². The van der Waals surface area contributed by atoms with E-state index in [-0.39, 0.29) is 10.8 Å². The van der Waals surface area contributed by atoms with E-state index in [1.807, 2.05) is 0 Å². The van der Waals surface area contributed by atoms with Gasteiger partial charge in [-0.15, -0.1) is 22.7 Å². The first kappa shape index (κ1) is 18.0. The number of hydrogen-bond donors (Lipinski definition) is 1. The average molecular weight is 381 g/mol. The Hall–Kier alpha value is -0.380. The molecule has 0 spiro atoms. The molecule has 0 aliphatic carbocycles. The molecule has 1 aromatic heterocycles. The highest BCUT2D eigenvalue weighted by molar-refractivity contribution is 7.76. The van der Waals surface area contributed by atoms with E-state index < -0.39 is 5.24 Å². The van der Waals surface area contributed by atoms with Gasteiger partial charge in [0, 0.05) is 32.7 Å².